The van der Waals surface area contributed by atoms with Gasteiger partial charge < -0.3 is 14.2 Å². The molecule has 0 bridgehead atoms. The van der Waals surface area contributed by atoms with Crippen molar-refractivity contribution in [2.45, 2.75) is 13.5 Å². The lowest BCUT2D eigenvalue weighted by Crippen LogP contribution is -2.04. The zero-order valence-electron chi connectivity index (χ0n) is 11.1. The Kier molecular flexibility index (Phi) is 4.79. The number of hydrogen-bond acceptors (Lipinski definition) is 5. The van der Waals surface area contributed by atoms with Crippen molar-refractivity contribution in [3.05, 3.63) is 48.2 Å². The van der Waals surface area contributed by atoms with Crippen LogP contribution in [0.3, 0.4) is 0 Å². The first-order chi connectivity index (χ1) is 9.85. The number of nitriles is 1. The number of benzene rings is 1. The monoisotopic (exact) mass is 270 g/mol. The summed E-state index contributed by atoms with van der Waals surface area (Å²) in [4.78, 5) is 4.08. The van der Waals surface area contributed by atoms with E-state index in [-0.39, 0.29) is 6.61 Å². The van der Waals surface area contributed by atoms with Crippen LogP contribution in [0.5, 0.6) is 17.4 Å². The van der Waals surface area contributed by atoms with E-state index in [4.69, 9.17) is 19.5 Å². The van der Waals surface area contributed by atoms with Gasteiger partial charge >= 0.3 is 0 Å². The number of ether oxygens (including phenoxy) is 3. The van der Waals surface area contributed by atoms with Crippen LogP contribution in [0.25, 0.3) is 0 Å². The summed E-state index contributed by atoms with van der Waals surface area (Å²) in [5.74, 6) is 1.56. The molecule has 1 aromatic heterocycles. The summed E-state index contributed by atoms with van der Waals surface area (Å²) in [7, 11) is 0. The van der Waals surface area contributed by atoms with Gasteiger partial charge in [-0.2, -0.15) is 0 Å². The molecule has 1 aromatic carbocycles. The van der Waals surface area contributed by atoms with Crippen molar-refractivity contribution in [2.24, 2.45) is 0 Å². The quantitative estimate of drug-likeness (QED) is 0.755. The Morgan fingerprint density at radius 1 is 1.10 bits per heavy atom. The van der Waals surface area contributed by atoms with Crippen LogP contribution in [0.4, 0.5) is 0 Å². The number of hydrogen-bond donors (Lipinski definition) is 0. The molecule has 0 aliphatic heterocycles. The summed E-state index contributed by atoms with van der Waals surface area (Å²) >= 11 is 0. The Bertz CT molecular complexity index is 594. The van der Waals surface area contributed by atoms with E-state index >= 15 is 0 Å². The minimum atomic E-state index is 0.212. The van der Waals surface area contributed by atoms with Crippen molar-refractivity contribution in [1.29, 1.82) is 5.26 Å². The van der Waals surface area contributed by atoms with Crippen LogP contribution in [0.2, 0.25) is 0 Å². The molecule has 5 nitrogen and oxygen atoms in total. The van der Waals surface area contributed by atoms with E-state index in [0.717, 1.165) is 0 Å². The third kappa shape index (κ3) is 3.39. The molecule has 0 N–H and O–H groups in total. The van der Waals surface area contributed by atoms with E-state index in [1.54, 1.807) is 30.7 Å². The van der Waals surface area contributed by atoms with Gasteiger partial charge in [0.25, 0.3) is 6.26 Å². The third-order valence-electron chi connectivity index (χ3n) is 2.55. The SMILES string of the molecule is CCOc1cccc(OC#N)c1COc1ccccn1. The van der Waals surface area contributed by atoms with Crippen molar-refractivity contribution >= 4 is 0 Å². The van der Waals surface area contributed by atoms with E-state index in [1.165, 1.54) is 0 Å². The van der Waals surface area contributed by atoms with Crippen LogP contribution in [0, 0.1) is 11.5 Å². The van der Waals surface area contributed by atoms with Crippen molar-refractivity contribution in [3.63, 3.8) is 0 Å². The molecular weight excluding hydrogens is 256 g/mol. The fourth-order valence-electron chi connectivity index (χ4n) is 1.70. The normalized spacial score (nSPS) is 9.60. The van der Waals surface area contributed by atoms with Gasteiger partial charge in [-0.1, -0.05) is 12.1 Å². The van der Waals surface area contributed by atoms with E-state index in [9.17, 15) is 0 Å². The van der Waals surface area contributed by atoms with Gasteiger partial charge in [-0.3, -0.25) is 0 Å². The molecule has 0 fully saturated rings. The number of aromatic nitrogens is 1. The van der Waals surface area contributed by atoms with E-state index < -0.39 is 0 Å². The number of pyridine rings is 1. The molecule has 0 radical (unpaired) electrons. The second kappa shape index (κ2) is 7.00. The van der Waals surface area contributed by atoms with Crippen molar-refractivity contribution < 1.29 is 14.2 Å². The second-order valence-corrected chi connectivity index (χ2v) is 3.82. The molecule has 0 saturated heterocycles. The molecule has 5 heteroatoms. The maximum Gasteiger partial charge on any atom is 0.292 e. The molecule has 0 unspecified atom stereocenters. The molecule has 2 rings (SSSR count). The van der Waals surface area contributed by atoms with E-state index in [2.05, 4.69) is 4.98 Å². The van der Waals surface area contributed by atoms with Gasteiger partial charge in [-0.05, 0) is 25.1 Å². The second-order valence-electron chi connectivity index (χ2n) is 3.82. The molecule has 2 aromatic rings. The largest absolute Gasteiger partial charge is 0.493 e. The summed E-state index contributed by atoms with van der Waals surface area (Å²) in [5.41, 5.74) is 0.682. The van der Waals surface area contributed by atoms with Crippen molar-refractivity contribution in [2.75, 3.05) is 6.61 Å². The maximum absolute atomic E-state index is 8.68. The van der Waals surface area contributed by atoms with Crippen LogP contribution in [0.15, 0.2) is 42.6 Å². The fraction of sp³-hybridized carbons (Fsp3) is 0.200. The topological polar surface area (TPSA) is 64.4 Å². The molecule has 0 aliphatic carbocycles. The summed E-state index contributed by atoms with van der Waals surface area (Å²) < 4.78 is 16.0. The lowest BCUT2D eigenvalue weighted by atomic mass is 10.2. The number of nitrogens with zero attached hydrogens (tertiary/aromatic N) is 2. The van der Waals surface area contributed by atoms with Crippen molar-refractivity contribution in [3.8, 4) is 23.6 Å². The van der Waals surface area contributed by atoms with Crippen LogP contribution >= 0.6 is 0 Å². The first-order valence-corrected chi connectivity index (χ1v) is 6.19. The third-order valence-corrected chi connectivity index (χ3v) is 2.55. The Balaban J connectivity index is 2.21. The maximum atomic E-state index is 8.68. The van der Waals surface area contributed by atoms with Gasteiger partial charge in [-0.25, -0.2) is 4.98 Å². The van der Waals surface area contributed by atoms with Crippen LogP contribution in [-0.2, 0) is 6.61 Å². The molecule has 0 aliphatic rings. The van der Waals surface area contributed by atoms with Gasteiger partial charge in [0.05, 0.1) is 12.2 Å². The molecule has 0 spiro atoms. The van der Waals surface area contributed by atoms with Gasteiger partial charge in [-0.15, -0.1) is 5.26 Å². The summed E-state index contributed by atoms with van der Waals surface area (Å²) in [5, 5.41) is 8.68. The fourth-order valence-corrected chi connectivity index (χ4v) is 1.70. The summed E-state index contributed by atoms with van der Waals surface area (Å²) in [6.07, 6.45) is 3.31. The predicted octanol–water partition coefficient (Wildman–Crippen LogP) is 2.92. The highest BCUT2D eigenvalue weighted by Gasteiger charge is 2.12. The Morgan fingerprint density at radius 2 is 1.95 bits per heavy atom. The molecule has 20 heavy (non-hydrogen) atoms. The highest BCUT2D eigenvalue weighted by Crippen LogP contribution is 2.29. The lowest BCUT2D eigenvalue weighted by molar-refractivity contribution is 0.272. The highest BCUT2D eigenvalue weighted by atomic mass is 16.5. The Morgan fingerprint density at radius 3 is 2.65 bits per heavy atom. The zero-order chi connectivity index (χ0) is 14.2. The molecule has 102 valence electrons. The van der Waals surface area contributed by atoms with Crippen LogP contribution in [-0.4, -0.2) is 11.6 Å². The van der Waals surface area contributed by atoms with E-state index in [0.29, 0.717) is 29.5 Å². The standard InChI is InChI=1S/C15H14N2O3/c1-2-18-13-6-5-7-14(20-11-16)12(13)10-19-15-8-3-4-9-17-15/h3-9H,2,10H2,1H3. The lowest BCUT2D eigenvalue weighted by Gasteiger charge is -2.13. The molecule has 0 atom stereocenters. The average molecular weight is 270 g/mol. The first-order valence-electron chi connectivity index (χ1n) is 6.19. The smallest absolute Gasteiger partial charge is 0.292 e. The zero-order valence-corrected chi connectivity index (χ0v) is 11.1. The predicted molar refractivity (Wildman–Crippen MR) is 72.4 cm³/mol. The molecule has 0 saturated carbocycles. The first kappa shape index (κ1) is 13.7. The van der Waals surface area contributed by atoms with Gasteiger partial charge in [0, 0.05) is 12.3 Å². The van der Waals surface area contributed by atoms with Gasteiger partial charge in [0.1, 0.15) is 12.4 Å². The Labute approximate surface area is 117 Å². The number of rotatable bonds is 6. The van der Waals surface area contributed by atoms with Crippen LogP contribution < -0.4 is 14.2 Å². The van der Waals surface area contributed by atoms with E-state index in [1.807, 2.05) is 25.1 Å². The minimum Gasteiger partial charge on any atom is -0.493 e. The molecule has 0 amide bonds. The summed E-state index contributed by atoms with van der Waals surface area (Å²) in [6.45, 7) is 2.62. The summed E-state index contributed by atoms with van der Waals surface area (Å²) in [6, 6.07) is 10.7. The molecule has 1 heterocycles. The average Bonchev–Trinajstić information content (AvgIpc) is 2.48. The highest BCUT2D eigenvalue weighted by molar-refractivity contribution is 5.45. The van der Waals surface area contributed by atoms with Gasteiger partial charge in [0.2, 0.25) is 5.88 Å². The minimum absolute atomic E-state index is 0.212. The van der Waals surface area contributed by atoms with Crippen molar-refractivity contribution in [1.82, 2.24) is 4.98 Å². The van der Waals surface area contributed by atoms with Gasteiger partial charge in [0.15, 0.2) is 5.75 Å². The van der Waals surface area contributed by atoms with Crippen LogP contribution in [0.1, 0.15) is 12.5 Å². The Hall–Kier alpha value is -2.74. The molecular formula is C15H14N2O3.